The van der Waals surface area contributed by atoms with Crippen molar-refractivity contribution in [3.05, 3.63) is 47.8 Å². The lowest BCUT2D eigenvalue weighted by atomic mass is 10.2. The van der Waals surface area contributed by atoms with Crippen molar-refractivity contribution in [2.24, 2.45) is 0 Å². The highest BCUT2D eigenvalue weighted by atomic mass is 19.1. The fourth-order valence-electron chi connectivity index (χ4n) is 1.91. The number of aromatic nitrogens is 2. The zero-order chi connectivity index (χ0) is 16.7. The molecule has 5 nitrogen and oxygen atoms in total. The van der Waals surface area contributed by atoms with Crippen molar-refractivity contribution >= 4 is 17.5 Å². The van der Waals surface area contributed by atoms with Gasteiger partial charge in [-0.15, -0.1) is 0 Å². The molecule has 0 aliphatic rings. The highest BCUT2D eigenvalue weighted by Crippen LogP contribution is 2.18. The number of hydrogen-bond acceptors (Lipinski definition) is 4. The molecular weight excluding hydrogens is 302 g/mol. The molecule has 0 aliphatic carbocycles. The second-order valence-corrected chi connectivity index (χ2v) is 4.98. The number of nitrogens with one attached hydrogen (secondary N) is 2. The highest BCUT2D eigenvalue weighted by molar-refractivity contribution is 6.04. The Labute approximate surface area is 133 Å². The molecule has 0 aliphatic heterocycles. The summed E-state index contributed by atoms with van der Waals surface area (Å²) in [5.74, 6) is -1.94. The van der Waals surface area contributed by atoms with E-state index in [2.05, 4.69) is 27.5 Å². The van der Waals surface area contributed by atoms with Crippen LogP contribution in [0, 0.1) is 11.6 Å². The molecule has 0 saturated carbocycles. The summed E-state index contributed by atoms with van der Waals surface area (Å²) in [5.41, 5.74) is -0.369. The van der Waals surface area contributed by atoms with Crippen LogP contribution in [0.3, 0.4) is 0 Å². The smallest absolute Gasteiger partial charge is 0.258 e. The number of nitrogens with zero attached hydrogens (tertiary/aromatic N) is 2. The molecule has 1 heterocycles. The number of hydrogen-bond donors (Lipinski definition) is 2. The zero-order valence-corrected chi connectivity index (χ0v) is 12.8. The van der Waals surface area contributed by atoms with E-state index in [1.165, 1.54) is 18.5 Å². The molecule has 1 aromatic heterocycles. The average Bonchev–Trinajstić information content (AvgIpc) is 2.55. The molecule has 0 spiro atoms. The Balaban J connectivity index is 1.97. The van der Waals surface area contributed by atoms with Crippen LogP contribution in [-0.4, -0.2) is 22.4 Å². The third kappa shape index (κ3) is 4.70. The number of halogens is 2. The average molecular weight is 320 g/mol. The molecule has 122 valence electrons. The summed E-state index contributed by atoms with van der Waals surface area (Å²) in [6.07, 6.45) is 5.86. The molecule has 1 amide bonds. The van der Waals surface area contributed by atoms with Gasteiger partial charge in [0, 0.05) is 18.9 Å². The molecule has 1 aromatic carbocycles. The summed E-state index contributed by atoms with van der Waals surface area (Å²) in [4.78, 5) is 20.0. The van der Waals surface area contributed by atoms with Crippen molar-refractivity contribution in [2.45, 2.75) is 26.2 Å². The number of carbonyl (C=O) groups excluding carboxylic acids is 1. The van der Waals surface area contributed by atoms with Crippen LogP contribution in [0.2, 0.25) is 0 Å². The fourth-order valence-corrected chi connectivity index (χ4v) is 1.91. The van der Waals surface area contributed by atoms with Gasteiger partial charge in [0.1, 0.15) is 17.3 Å². The Kier molecular flexibility index (Phi) is 5.96. The van der Waals surface area contributed by atoms with Gasteiger partial charge in [0.25, 0.3) is 5.91 Å². The number of unbranched alkanes of at least 4 members (excludes halogenated alkanes) is 2. The molecular formula is C16H18F2N4O. The molecule has 0 atom stereocenters. The zero-order valence-electron chi connectivity index (χ0n) is 12.8. The Morgan fingerprint density at radius 2 is 1.78 bits per heavy atom. The fraction of sp³-hybridized carbons (Fsp3) is 0.312. The van der Waals surface area contributed by atoms with E-state index in [-0.39, 0.29) is 5.56 Å². The maximum Gasteiger partial charge on any atom is 0.258 e. The first kappa shape index (κ1) is 16.8. The van der Waals surface area contributed by atoms with Crippen molar-refractivity contribution in [1.29, 1.82) is 0 Å². The quantitative estimate of drug-likeness (QED) is 0.765. The van der Waals surface area contributed by atoms with Crippen molar-refractivity contribution in [1.82, 2.24) is 9.97 Å². The number of para-hydroxylation sites is 1. The van der Waals surface area contributed by atoms with E-state index in [4.69, 9.17) is 0 Å². The second-order valence-electron chi connectivity index (χ2n) is 4.98. The lowest BCUT2D eigenvalue weighted by molar-refractivity contribution is 0.102. The number of benzene rings is 1. The molecule has 0 unspecified atom stereocenters. The summed E-state index contributed by atoms with van der Waals surface area (Å²) in [5, 5.41) is 5.22. The predicted molar refractivity (Wildman–Crippen MR) is 84.4 cm³/mol. The van der Waals surface area contributed by atoms with Gasteiger partial charge in [0.15, 0.2) is 0 Å². The van der Waals surface area contributed by atoms with E-state index in [0.29, 0.717) is 5.95 Å². The molecule has 7 heteroatoms. The van der Waals surface area contributed by atoms with Crippen LogP contribution in [0.4, 0.5) is 20.4 Å². The monoisotopic (exact) mass is 320 g/mol. The summed E-state index contributed by atoms with van der Waals surface area (Å²) >= 11 is 0. The summed E-state index contributed by atoms with van der Waals surface area (Å²) < 4.78 is 27.0. The van der Waals surface area contributed by atoms with Crippen molar-refractivity contribution < 1.29 is 13.6 Å². The first-order valence-electron chi connectivity index (χ1n) is 7.43. The van der Waals surface area contributed by atoms with Crippen LogP contribution in [0.1, 0.15) is 36.5 Å². The van der Waals surface area contributed by atoms with E-state index in [1.54, 1.807) is 0 Å². The van der Waals surface area contributed by atoms with Crippen LogP contribution in [-0.2, 0) is 0 Å². The first-order chi connectivity index (χ1) is 11.1. The number of carbonyl (C=O) groups is 1. The minimum Gasteiger partial charge on any atom is -0.354 e. The number of anilines is 2. The second kappa shape index (κ2) is 8.17. The van der Waals surface area contributed by atoms with Gasteiger partial charge in [-0.3, -0.25) is 4.79 Å². The molecule has 23 heavy (non-hydrogen) atoms. The van der Waals surface area contributed by atoms with Crippen LogP contribution < -0.4 is 10.6 Å². The van der Waals surface area contributed by atoms with Crippen LogP contribution >= 0.6 is 0 Å². The van der Waals surface area contributed by atoms with E-state index >= 15 is 0 Å². The first-order valence-corrected chi connectivity index (χ1v) is 7.43. The van der Waals surface area contributed by atoms with Crippen molar-refractivity contribution in [2.75, 3.05) is 17.2 Å². The summed E-state index contributed by atoms with van der Waals surface area (Å²) in [6, 6.07) is 3.36. The van der Waals surface area contributed by atoms with Gasteiger partial charge in [0.2, 0.25) is 5.95 Å². The standard InChI is InChI=1S/C16H18F2N4O/c1-2-3-4-8-19-16-20-9-11(10-21-16)15(23)22-14-12(17)6-5-7-13(14)18/h5-7,9-10H,2-4,8H2,1H3,(H,22,23)(H,19,20,21). The third-order valence-corrected chi connectivity index (χ3v) is 3.18. The molecule has 0 fully saturated rings. The van der Waals surface area contributed by atoms with E-state index in [0.717, 1.165) is 37.9 Å². The van der Waals surface area contributed by atoms with E-state index in [1.807, 2.05) is 0 Å². The Bertz CT molecular complexity index is 641. The summed E-state index contributed by atoms with van der Waals surface area (Å²) in [7, 11) is 0. The Morgan fingerprint density at radius 3 is 2.39 bits per heavy atom. The normalized spacial score (nSPS) is 10.4. The molecule has 0 radical (unpaired) electrons. The Morgan fingerprint density at radius 1 is 1.13 bits per heavy atom. The third-order valence-electron chi connectivity index (χ3n) is 3.18. The minimum atomic E-state index is -0.839. The summed E-state index contributed by atoms with van der Waals surface area (Å²) in [6.45, 7) is 2.86. The minimum absolute atomic E-state index is 0.117. The molecule has 0 saturated heterocycles. The highest BCUT2D eigenvalue weighted by Gasteiger charge is 2.14. The molecule has 2 N–H and O–H groups in total. The van der Waals surface area contributed by atoms with Crippen LogP contribution in [0.5, 0.6) is 0 Å². The van der Waals surface area contributed by atoms with Gasteiger partial charge in [-0.2, -0.15) is 0 Å². The van der Waals surface area contributed by atoms with E-state index in [9.17, 15) is 13.6 Å². The number of amides is 1. The van der Waals surface area contributed by atoms with Gasteiger partial charge < -0.3 is 10.6 Å². The van der Waals surface area contributed by atoms with Crippen LogP contribution in [0.25, 0.3) is 0 Å². The largest absolute Gasteiger partial charge is 0.354 e. The Hall–Kier alpha value is -2.57. The molecule has 2 rings (SSSR count). The SMILES string of the molecule is CCCCCNc1ncc(C(=O)Nc2c(F)cccc2F)cn1. The van der Waals surface area contributed by atoms with Crippen LogP contribution in [0.15, 0.2) is 30.6 Å². The van der Waals surface area contributed by atoms with E-state index < -0.39 is 23.2 Å². The topological polar surface area (TPSA) is 66.9 Å². The van der Waals surface area contributed by atoms with Gasteiger partial charge >= 0.3 is 0 Å². The number of rotatable bonds is 7. The molecule has 0 bridgehead atoms. The molecule has 2 aromatic rings. The predicted octanol–water partition coefficient (Wildman–Crippen LogP) is 3.61. The lowest BCUT2D eigenvalue weighted by Crippen LogP contribution is -2.15. The van der Waals surface area contributed by atoms with Gasteiger partial charge in [-0.1, -0.05) is 25.8 Å². The maximum atomic E-state index is 13.5. The van der Waals surface area contributed by atoms with Crippen molar-refractivity contribution in [3.8, 4) is 0 Å². The maximum absolute atomic E-state index is 13.5. The van der Waals surface area contributed by atoms with Gasteiger partial charge in [0.05, 0.1) is 5.56 Å². The van der Waals surface area contributed by atoms with Crippen molar-refractivity contribution in [3.63, 3.8) is 0 Å². The van der Waals surface area contributed by atoms with Gasteiger partial charge in [-0.05, 0) is 18.6 Å². The lowest BCUT2D eigenvalue weighted by Gasteiger charge is -2.08. The van der Waals surface area contributed by atoms with Gasteiger partial charge in [-0.25, -0.2) is 18.7 Å².